The average molecular weight is 996 g/mol. The fraction of sp³-hybridized carbons (Fsp3) is 0.700. The van der Waals surface area contributed by atoms with Gasteiger partial charge in [-0.2, -0.15) is 0 Å². The number of carbonyl (C=O) groups is 2. The Kier molecular flexibility index (Phi) is 44.0. The highest BCUT2D eigenvalue weighted by Gasteiger charge is 2.47. The minimum Gasteiger partial charge on any atom is -0.454 e. The first kappa shape index (κ1) is 65.6. The van der Waals surface area contributed by atoms with Crippen LogP contribution in [-0.4, -0.2) is 99.6 Å². The minimum atomic E-state index is -1.64. The first-order chi connectivity index (χ1) is 34.7. The normalized spacial score (nSPS) is 20.4. The van der Waals surface area contributed by atoms with Crippen molar-refractivity contribution in [1.82, 2.24) is 5.32 Å². The number of hydrogen-bond donors (Lipinski definition) is 6. The van der Waals surface area contributed by atoms with Crippen LogP contribution in [0.15, 0.2) is 97.2 Å². The van der Waals surface area contributed by atoms with Crippen molar-refractivity contribution in [3.05, 3.63) is 97.2 Å². The summed E-state index contributed by atoms with van der Waals surface area (Å²) in [5, 5.41) is 56.6. The van der Waals surface area contributed by atoms with Crippen LogP contribution in [0.1, 0.15) is 207 Å². The zero-order chi connectivity index (χ0) is 51.8. The van der Waals surface area contributed by atoms with E-state index >= 15 is 0 Å². The number of aliphatic hydroxyl groups is 5. The maximum atomic E-state index is 13.3. The van der Waals surface area contributed by atoms with Gasteiger partial charge in [-0.3, -0.25) is 9.59 Å². The number of amides is 1. The Morgan fingerprint density at radius 2 is 1.03 bits per heavy atom. The van der Waals surface area contributed by atoms with Gasteiger partial charge in [0.25, 0.3) is 0 Å². The van der Waals surface area contributed by atoms with Gasteiger partial charge in [0.2, 0.25) is 5.91 Å². The number of ether oxygens (including phenoxy) is 3. The standard InChI is InChI=1S/C60H101NO10/c1-4-7-10-13-16-19-22-23-24-25-26-27-28-29-30-31-33-36-39-42-45-48-55(65)71-58-57(67)56(66)54(49-62)70-60(58)69-50-51(52(63)46-43-40-37-35-32-20-17-14-11-8-5-2)61-59(68)53(64)47-44-41-38-34-21-18-15-12-9-6-3/h7,10,15-16,18-19,23-24,26-27,29-30,33,36,43,46,51-54,56-58,60,62-64,66-67H,4-6,8-9,11-14,17,20-22,25,28,31-32,34-35,37-42,44-45,47-50H2,1-3H3,(H,61,68)/b10-7-,18-15-,19-16-,24-23-,27-26-,30-29-,36-33-,46-43+. The van der Waals surface area contributed by atoms with Gasteiger partial charge in [-0.05, 0) is 96.3 Å². The molecule has 1 rings (SSSR count). The number of esters is 1. The van der Waals surface area contributed by atoms with Gasteiger partial charge >= 0.3 is 5.97 Å². The molecule has 1 aliphatic rings. The number of rotatable bonds is 45. The molecule has 0 aliphatic carbocycles. The van der Waals surface area contributed by atoms with Crippen LogP contribution in [0.25, 0.3) is 0 Å². The molecule has 1 fully saturated rings. The Balaban J connectivity index is 2.73. The summed E-state index contributed by atoms with van der Waals surface area (Å²) in [6.07, 6.45) is 51.8. The fourth-order valence-corrected chi connectivity index (χ4v) is 7.99. The number of allylic oxidation sites excluding steroid dienone is 15. The van der Waals surface area contributed by atoms with Crippen molar-refractivity contribution in [2.45, 2.75) is 256 Å². The lowest BCUT2D eigenvalue weighted by Gasteiger charge is -2.41. The number of carbonyl (C=O) groups excluding carboxylic acids is 2. The second kappa shape index (κ2) is 47.6. The van der Waals surface area contributed by atoms with Gasteiger partial charge in [0.1, 0.15) is 24.4 Å². The van der Waals surface area contributed by atoms with Crippen molar-refractivity contribution in [1.29, 1.82) is 0 Å². The SMILES string of the molecule is CC/C=C\C/C=C\C/C=C\C/C=C\C/C=C\C/C=C\CCCCC(=O)OC1C(OCC(NC(=O)C(O)CCCCCC/C=C\CCCC)C(O)/C=C/CCCCCCCCCCC)OC(CO)C(O)C1O. The lowest BCUT2D eigenvalue weighted by atomic mass is 9.99. The van der Waals surface area contributed by atoms with E-state index in [-0.39, 0.29) is 19.4 Å². The van der Waals surface area contributed by atoms with Crippen molar-refractivity contribution in [2.75, 3.05) is 13.2 Å². The van der Waals surface area contributed by atoms with Crippen LogP contribution in [0.2, 0.25) is 0 Å². The molecule has 6 N–H and O–H groups in total. The molecule has 0 spiro atoms. The van der Waals surface area contributed by atoms with Crippen LogP contribution in [0, 0.1) is 0 Å². The number of unbranched alkanes of at least 4 members (excludes halogenated alkanes) is 17. The molecule has 71 heavy (non-hydrogen) atoms. The summed E-state index contributed by atoms with van der Waals surface area (Å²) < 4.78 is 17.5. The fourth-order valence-electron chi connectivity index (χ4n) is 7.99. The van der Waals surface area contributed by atoms with Gasteiger partial charge < -0.3 is 45.1 Å². The van der Waals surface area contributed by atoms with Crippen LogP contribution in [0.4, 0.5) is 0 Å². The maximum Gasteiger partial charge on any atom is 0.306 e. The van der Waals surface area contributed by atoms with E-state index in [1.54, 1.807) is 6.08 Å². The highest BCUT2D eigenvalue weighted by molar-refractivity contribution is 5.80. The van der Waals surface area contributed by atoms with Crippen molar-refractivity contribution in [2.24, 2.45) is 0 Å². The third-order valence-electron chi connectivity index (χ3n) is 12.5. The van der Waals surface area contributed by atoms with Crippen LogP contribution in [0.5, 0.6) is 0 Å². The molecule has 1 aliphatic heterocycles. The topological polar surface area (TPSA) is 175 Å². The van der Waals surface area contributed by atoms with Gasteiger partial charge in [-0.25, -0.2) is 0 Å². The third kappa shape index (κ3) is 36.2. The van der Waals surface area contributed by atoms with Crippen molar-refractivity contribution in [3.63, 3.8) is 0 Å². The van der Waals surface area contributed by atoms with Gasteiger partial charge in [0.15, 0.2) is 12.4 Å². The van der Waals surface area contributed by atoms with Gasteiger partial charge in [0, 0.05) is 6.42 Å². The molecule has 0 aromatic heterocycles. The molecule has 406 valence electrons. The van der Waals surface area contributed by atoms with E-state index in [4.69, 9.17) is 14.2 Å². The molecule has 8 unspecified atom stereocenters. The predicted octanol–water partition coefficient (Wildman–Crippen LogP) is 12.4. The third-order valence-corrected chi connectivity index (χ3v) is 12.5. The summed E-state index contributed by atoms with van der Waals surface area (Å²) in [6.45, 7) is 5.56. The summed E-state index contributed by atoms with van der Waals surface area (Å²) in [6, 6.07) is -1.04. The average Bonchev–Trinajstić information content (AvgIpc) is 3.37. The molecule has 0 bridgehead atoms. The van der Waals surface area contributed by atoms with E-state index < -0.39 is 67.4 Å². The maximum absolute atomic E-state index is 13.3. The Bertz CT molecular complexity index is 1520. The molecule has 1 saturated heterocycles. The number of nitrogens with one attached hydrogen (secondary N) is 1. The molecular formula is C60H101NO10. The zero-order valence-corrected chi connectivity index (χ0v) is 44.6. The summed E-state index contributed by atoms with van der Waals surface area (Å²) in [5.41, 5.74) is 0. The van der Waals surface area contributed by atoms with Crippen LogP contribution >= 0.6 is 0 Å². The first-order valence-corrected chi connectivity index (χ1v) is 28.0. The monoisotopic (exact) mass is 996 g/mol. The second-order valence-electron chi connectivity index (χ2n) is 18.9. The van der Waals surface area contributed by atoms with E-state index in [2.05, 4.69) is 111 Å². The van der Waals surface area contributed by atoms with E-state index in [0.29, 0.717) is 12.8 Å². The summed E-state index contributed by atoms with van der Waals surface area (Å²) in [4.78, 5) is 26.4. The van der Waals surface area contributed by atoms with E-state index in [1.807, 2.05) is 6.08 Å². The van der Waals surface area contributed by atoms with Gasteiger partial charge in [0.05, 0.1) is 25.4 Å². The van der Waals surface area contributed by atoms with E-state index in [0.717, 1.165) is 109 Å². The lowest BCUT2D eigenvalue weighted by molar-refractivity contribution is -0.305. The molecule has 8 atom stereocenters. The van der Waals surface area contributed by atoms with Crippen LogP contribution < -0.4 is 5.32 Å². The molecule has 1 amide bonds. The minimum absolute atomic E-state index is 0.0627. The van der Waals surface area contributed by atoms with Gasteiger partial charge in [-0.15, -0.1) is 0 Å². The molecule has 0 saturated carbocycles. The zero-order valence-electron chi connectivity index (χ0n) is 44.6. The Morgan fingerprint density at radius 1 is 0.563 bits per heavy atom. The van der Waals surface area contributed by atoms with Crippen LogP contribution in [0.3, 0.4) is 0 Å². The summed E-state index contributed by atoms with van der Waals surface area (Å²) in [7, 11) is 0. The Labute approximate surface area is 431 Å². The molecule has 0 aromatic carbocycles. The molecule has 11 nitrogen and oxygen atoms in total. The second-order valence-corrected chi connectivity index (χ2v) is 18.9. The molecule has 0 aromatic rings. The van der Waals surface area contributed by atoms with E-state index in [1.165, 1.54) is 51.4 Å². The Hall–Kier alpha value is -3.42. The summed E-state index contributed by atoms with van der Waals surface area (Å²) >= 11 is 0. The molecular weight excluding hydrogens is 895 g/mol. The van der Waals surface area contributed by atoms with Crippen LogP contribution in [-0.2, 0) is 23.8 Å². The highest BCUT2D eigenvalue weighted by atomic mass is 16.7. The van der Waals surface area contributed by atoms with Crippen molar-refractivity contribution >= 4 is 11.9 Å². The Morgan fingerprint density at radius 3 is 1.58 bits per heavy atom. The molecule has 0 radical (unpaired) electrons. The van der Waals surface area contributed by atoms with Gasteiger partial charge in [-0.1, -0.05) is 201 Å². The predicted molar refractivity (Wildman–Crippen MR) is 292 cm³/mol. The number of hydrogen-bond acceptors (Lipinski definition) is 10. The molecule has 1 heterocycles. The van der Waals surface area contributed by atoms with E-state index in [9.17, 15) is 35.1 Å². The smallest absolute Gasteiger partial charge is 0.306 e. The van der Waals surface area contributed by atoms with Crippen molar-refractivity contribution < 1.29 is 49.3 Å². The molecule has 11 heteroatoms. The first-order valence-electron chi connectivity index (χ1n) is 28.0. The number of aliphatic hydroxyl groups excluding tert-OH is 5. The van der Waals surface area contributed by atoms with Crippen molar-refractivity contribution in [3.8, 4) is 0 Å². The quantitative estimate of drug-likeness (QED) is 0.0196. The highest BCUT2D eigenvalue weighted by Crippen LogP contribution is 2.26. The largest absolute Gasteiger partial charge is 0.454 e. The lowest BCUT2D eigenvalue weighted by Crippen LogP contribution is -2.61. The summed E-state index contributed by atoms with van der Waals surface area (Å²) in [5.74, 6) is -1.26.